The number of hydrogen-bond acceptors (Lipinski definition) is 2. The van der Waals surface area contributed by atoms with Crippen molar-refractivity contribution in [3.63, 3.8) is 0 Å². The molecular formula is C17H25FN2O2. The lowest BCUT2D eigenvalue weighted by Gasteiger charge is -2.19. The zero-order valence-electron chi connectivity index (χ0n) is 13.8. The molecule has 0 heterocycles. The predicted octanol–water partition coefficient (Wildman–Crippen LogP) is 2.73. The average Bonchev–Trinajstić information content (AvgIpc) is 2.44. The second kappa shape index (κ2) is 7.92. The Hall–Kier alpha value is -1.91. The summed E-state index contributed by atoms with van der Waals surface area (Å²) in [6.07, 6.45) is 0.900. The lowest BCUT2D eigenvalue weighted by molar-refractivity contribution is -0.131. The Labute approximate surface area is 131 Å². The van der Waals surface area contributed by atoms with Crippen molar-refractivity contribution >= 4 is 11.8 Å². The summed E-state index contributed by atoms with van der Waals surface area (Å²) >= 11 is 0. The maximum Gasteiger partial charge on any atom is 0.225 e. The number of amides is 2. The molecule has 0 fully saturated rings. The van der Waals surface area contributed by atoms with Crippen LogP contribution in [0.4, 0.5) is 4.39 Å². The van der Waals surface area contributed by atoms with Crippen molar-refractivity contribution in [2.75, 3.05) is 13.6 Å². The summed E-state index contributed by atoms with van der Waals surface area (Å²) in [5.41, 5.74) is 0.0745. The molecular weight excluding hydrogens is 283 g/mol. The van der Waals surface area contributed by atoms with E-state index in [2.05, 4.69) is 5.32 Å². The number of rotatable bonds is 6. The van der Waals surface area contributed by atoms with Gasteiger partial charge in [0, 0.05) is 37.5 Å². The van der Waals surface area contributed by atoms with Gasteiger partial charge in [-0.15, -0.1) is 0 Å². The van der Waals surface area contributed by atoms with Gasteiger partial charge in [-0.2, -0.15) is 0 Å². The molecule has 0 atom stereocenters. The molecule has 22 heavy (non-hydrogen) atoms. The van der Waals surface area contributed by atoms with E-state index in [0.29, 0.717) is 24.9 Å². The summed E-state index contributed by atoms with van der Waals surface area (Å²) in [4.78, 5) is 25.2. The Balaban J connectivity index is 2.34. The summed E-state index contributed by atoms with van der Waals surface area (Å²) < 4.78 is 13.5. The zero-order chi connectivity index (χ0) is 16.8. The number of carbonyl (C=O) groups is 2. The van der Waals surface area contributed by atoms with Crippen molar-refractivity contribution in [1.82, 2.24) is 10.2 Å². The van der Waals surface area contributed by atoms with Crippen LogP contribution in [0.15, 0.2) is 24.3 Å². The first kappa shape index (κ1) is 18.1. The summed E-state index contributed by atoms with van der Waals surface area (Å²) in [7, 11) is 1.66. The highest BCUT2D eigenvalue weighted by molar-refractivity contribution is 5.81. The van der Waals surface area contributed by atoms with E-state index in [4.69, 9.17) is 0 Å². The third-order valence-corrected chi connectivity index (χ3v) is 3.33. The maximum atomic E-state index is 13.5. The Kier molecular flexibility index (Phi) is 6.53. The van der Waals surface area contributed by atoms with Gasteiger partial charge in [0.25, 0.3) is 0 Å². The highest BCUT2D eigenvalue weighted by Gasteiger charge is 2.20. The molecule has 0 spiro atoms. The van der Waals surface area contributed by atoms with Crippen LogP contribution in [0.3, 0.4) is 0 Å². The van der Waals surface area contributed by atoms with Crippen LogP contribution in [0.25, 0.3) is 0 Å². The van der Waals surface area contributed by atoms with Crippen molar-refractivity contribution in [1.29, 1.82) is 0 Å². The van der Waals surface area contributed by atoms with E-state index in [-0.39, 0.29) is 24.2 Å². The molecule has 0 aliphatic carbocycles. The molecule has 0 radical (unpaired) electrons. The molecule has 0 saturated heterocycles. The molecule has 4 nitrogen and oxygen atoms in total. The number of hydrogen-bond donors (Lipinski definition) is 1. The molecule has 2 amide bonds. The molecule has 0 aliphatic heterocycles. The van der Waals surface area contributed by atoms with E-state index in [9.17, 15) is 14.0 Å². The van der Waals surface area contributed by atoms with Crippen LogP contribution >= 0.6 is 0 Å². The lowest BCUT2D eigenvalue weighted by Crippen LogP contribution is -2.36. The van der Waals surface area contributed by atoms with E-state index in [1.807, 2.05) is 20.8 Å². The van der Waals surface area contributed by atoms with Crippen molar-refractivity contribution in [3.05, 3.63) is 35.6 Å². The topological polar surface area (TPSA) is 49.4 Å². The van der Waals surface area contributed by atoms with Gasteiger partial charge >= 0.3 is 0 Å². The van der Waals surface area contributed by atoms with E-state index < -0.39 is 5.41 Å². The fourth-order valence-electron chi connectivity index (χ4n) is 1.87. The first-order chi connectivity index (χ1) is 10.2. The summed E-state index contributed by atoms with van der Waals surface area (Å²) in [5, 5.41) is 2.81. The van der Waals surface area contributed by atoms with E-state index in [1.165, 1.54) is 11.0 Å². The van der Waals surface area contributed by atoms with Gasteiger partial charge in [0.15, 0.2) is 0 Å². The van der Waals surface area contributed by atoms with Crippen LogP contribution in [0.1, 0.15) is 39.2 Å². The largest absolute Gasteiger partial charge is 0.356 e. The first-order valence-electron chi connectivity index (χ1n) is 7.47. The van der Waals surface area contributed by atoms with Gasteiger partial charge in [-0.3, -0.25) is 9.59 Å². The van der Waals surface area contributed by atoms with Crippen LogP contribution in [-0.2, 0) is 16.1 Å². The van der Waals surface area contributed by atoms with E-state index >= 15 is 0 Å². The molecule has 1 N–H and O–H groups in total. The van der Waals surface area contributed by atoms with Gasteiger partial charge in [-0.05, 0) is 12.5 Å². The summed E-state index contributed by atoms with van der Waals surface area (Å²) in [5.74, 6) is -0.396. The molecule has 1 rings (SSSR count). The second-order valence-electron chi connectivity index (χ2n) is 6.45. The van der Waals surface area contributed by atoms with E-state index in [1.54, 1.807) is 25.2 Å². The van der Waals surface area contributed by atoms with Crippen molar-refractivity contribution in [3.8, 4) is 0 Å². The van der Waals surface area contributed by atoms with Gasteiger partial charge in [0.05, 0.1) is 0 Å². The first-order valence-corrected chi connectivity index (χ1v) is 7.47. The predicted molar refractivity (Wildman–Crippen MR) is 84.6 cm³/mol. The molecule has 0 aromatic heterocycles. The van der Waals surface area contributed by atoms with Gasteiger partial charge < -0.3 is 10.2 Å². The van der Waals surface area contributed by atoms with Gasteiger partial charge in [-0.1, -0.05) is 39.0 Å². The van der Waals surface area contributed by atoms with Gasteiger partial charge in [0.1, 0.15) is 5.82 Å². The third kappa shape index (κ3) is 5.84. The van der Waals surface area contributed by atoms with Crippen LogP contribution in [-0.4, -0.2) is 30.3 Å². The number of nitrogens with one attached hydrogen (secondary N) is 1. The number of halogens is 1. The third-order valence-electron chi connectivity index (χ3n) is 3.33. The smallest absolute Gasteiger partial charge is 0.225 e. The maximum absolute atomic E-state index is 13.5. The Morgan fingerprint density at radius 3 is 2.45 bits per heavy atom. The standard InChI is InChI=1S/C17H25FN2O2/c1-17(2,3)16(22)19-11-7-10-15(21)20(4)12-13-8-5-6-9-14(13)18/h5-6,8-9H,7,10-12H2,1-4H3,(H,19,22). The van der Waals surface area contributed by atoms with Crippen LogP contribution in [0.2, 0.25) is 0 Å². The van der Waals surface area contributed by atoms with Crippen molar-refractivity contribution in [2.45, 2.75) is 40.2 Å². The van der Waals surface area contributed by atoms with Crippen LogP contribution in [0, 0.1) is 11.2 Å². The fourth-order valence-corrected chi connectivity index (χ4v) is 1.87. The number of nitrogens with zero attached hydrogens (tertiary/aromatic N) is 1. The quantitative estimate of drug-likeness (QED) is 0.822. The lowest BCUT2D eigenvalue weighted by atomic mass is 9.96. The minimum absolute atomic E-state index is 0.0281. The zero-order valence-corrected chi connectivity index (χ0v) is 13.8. The molecule has 5 heteroatoms. The summed E-state index contributed by atoms with van der Waals surface area (Å²) in [6, 6.07) is 6.43. The van der Waals surface area contributed by atoms with Crippen molar-refractivity contribution in [2.24, 2.45) is 5.41 Å². The molecule has 0 saturated carbocycles. The van der Waals surface area contributed by atoms with E-state index in [0.717, 1.165) is 0 Å². The monoisotopic (exact) mass is 308 g/mol. The molecule has 0 bridgehead atoms. The number of carbonyl (C=O) groups excluding carboxylic acids is 2. The van der Waals surface area contributed by atoms with Gasteiger partial charge in [-0.25, -0.2) is 4.39 Å². The minimum atomic E-state index is -0.425. The Bertz CT molecular complexity index is 524. The highest BCUT2D eigenvalue weighted by atomic mass is 19.1. The molecule has 0 aliphatic rings. The molecule has 1 aromatic rings. The van der Waals surface area contributed by atoms with Crippen LogP contribution in [0.5, 0.6) is 0 Å². The molecule has 1 aromatic carbocycles. The highest BCUT2D eigenvalue weighted by Crippen LogP contribution is 2.12. The fraction of sp³-hybridized carbons (Fsp3) is 0.529. The van der Waals surface area contributed by atoms with Crippen LogP contribution < -0.4 is 5.32 Å². The second-order valence-corrected chi connectivity index (χ2v) is 6.45. The Morgan fingerprint density at radius 2 is 1.86 bits per heavy atom. The molecule has 0 unspecified atom stereocenters. The number of benzene rings is 1. The normalized spacial score (nSPS) is 11.1. The van der Waals surface area contributed by atoms with Crippen molar-refractivity contribution < 1.29 is 14.0 Å². The SMILES string of the molecule is CN(Cc1ccccc1F)C(=O)CCCNC(=O)C(C)(C)C. The minimum Gasteiger partial charge on any atom is -0.356 e. The molecule has 122 valence electrons. The Morgan fingerprint density at radius 1 is 1.23 bits per heavy atom. The summed E-state index contributed by atoms with van der Waals surface area (Å²) in [6.45, 7) is 6.25. The van der Waals surface area contributed by atoms with Gasteiger partial charge in [0.2, 0.25) is 11.8 Å². The average molecular weight is 308 g/mol.